The average Bonchev–Trinajstić information content (AvgIpc) is 1.96. The fraction of sp³-hybridized carbons (Fsp3) is 0.250. The normalized spacial score (nSPS) is 13.1. The Morgan fingerprint density at radius 1 is 1.42 bits per heavy atom. The topological polar surface area (TPSA) is 26.0 Å². The molecule has 1 nitrogen and oxygen atoms in total. The highest BCUT2D eigenvalue weighted by atomic mass is 79.9. The first-order valence-corrected chi connectivity index (χ1v) is 4.21. The summed E-state index contributed by atoms with van der Waals surface area (Å²) in [5, 5.41) is 0. The van der Waals surface area contributed by atoms with Crippen molar-refractivity contribution in [3.8, 4) is 0 Å². The van der Waals surface area contributed by atoms with Crippen molar-refractivity contribution >= 4 is 15.9 Å². The minimum atomic E-state index is -0.878. The van der Waals surface area contributed by atoms with Crippen molar-refractivity contribution in [1.82, 2.24) is 0 Å². The van der Waals surface area contributed by atoms with Crippen LogP contribution in [0.15, 0.2) is 16.6 Å². The average molecular weight is 236 g/mol. The largest absolute Gasteiger partial charge is 0.324 e. The van der Waals surface area contributed by atoms with E-state index in [9.17, 15) is 8.78 Å². The molecule has 2 N–H and O–H groups in total. The van der Waals surface area contributed by atoms with Gasteiger partial charge in [0.2, 0.25) is 0 Å². The van der Waals surface area contributed by atoms with Gasteiger partial charge in [-0.05, 0) is 19.1 Å². The van der Waals surface area contributed by atoms with E-state index >= 15 is 0 Å². The zero-order chi connectivity index (χ0) is 9.30. The predicted molar refractivity (Wildman–Crippen MR) is 46.7 cm³/mol. The van der Waals surface area contributed by atoms with Gasteiger partial charge in [-0.25, -0.2) is 8.78 Å². The third kappa shape index (κ3) is 1.81. The van der Waals surface area contributed by atoms with E-state index in [2.05, 4.69) is 15.9 Å². The molecule has 0 saturated carbocycles. The Kier molecular flexibility index (Phi) is 2.80. The summed E-state index contributed by atoms with van der Waals surface area (Å²) < 4.78 is 26.2. The SMILES string of the molecule is CC(N)c1cc(Br)cc(F)c1F. The summed E-state index contributed by atoms with van der Waals surface area (Å²) in [6, 6.07) is 2.04. The van der Waals surface area contributed by atoms with Crippen LogP contribution in [-0.4, -0.2) is 0 Å². The Labute approximate surface area is 77.7 Å². The van der Waals surface area contributed by atoms with Crippen molar-refractivity contribution in [3.05, 3.63) is 33.8 Å². The van der Waals surface area contributed by atoms with Crippen LogP contribution in [0, 0.1) is 11.6 Å². The van der Waals surface area contributed by atoms with Crippen LogP contribution in [0.3, 0.4) is 0 Å². The second-order valence-electron chi connectivity index (χ2n) is 2.58. The van der Waals surface area contributed by atoms with Gasteiger partial charge >= 0.3 is 0 Å². The van der Waals surface area contributed by atoms with Gasteiger partial charge in [-0.15, -0.1) is 0 Å². The van der Waals surface area contributed by atoms with E-state index in [0.29, 0.717) is 4.47 Å². The lowest BCUT2D eigenvalue weighted by Gasteiger charge is -2.07. The van der Waals surface area contributed by atoms with Crippen molar-refractivity contribution in [2.75, 3.05) is 0 Å². The van der Waals surface area contributed by atoms with E-state index < -0.39 is 17.7 Å². The van der Waals surface area contributed by atoms with Gasteiger partial charge in [0.25, 0.3) is 0 Å². The lowest BCUT2D eigenvalue weighted by atomic mass is 10.1. The Balaban J connectivity index is 3.28. The van der Waals surface area contributed by atoms with Crippen molar-refractivity contribution < 1.29 is 8.78 Å². The number of nitrogens with two attached hydrogens (primary N) is 1. The molecule has 0 aliphatic rings. The molecule has 0 fully saturated rings. The van der Waals surface area contributed by atoms with Gasteiger partial charge in [-0.3, -0.25) is 0 Å². The first-order valence-electron chi connectivity index (χ1n) is 3.42. The molecule has 1 unspecified atom stereocenters. The summed E-state index contributed by atoms with van der Waals surface area (Å²) >= 11 is 3.05. The fourth-order valence-corrected chi connectivity index (χ4v) is 1.35. The maximum Gasteiger partial charge on any atom is 0.163 e. The third-order valence-corrected chi connectivity index (χ3v) is 1.97. The second kappa shape index (κ2) is 3.49. The third-order valence-electron chi connectivity index (χ3n) is 1.51. The molecule has 0 aromatic heterocycles. The first-order chi connectivity index (χ1) is 5.52. The molecular formula is C8H8BrF2N. The molecule has 0 aliphatic heterocycles. The molecular weight excluding hydrogens is 228 g/mol. The molecule has 1 aromatic rings. The predicted octanol–water partition coefficient (Wildman–Crippen LogP) is 2.75. The highest BCUT2D eigenvalue weighted by Crippen LogP contribution is 2.22. The highest BCUT2D eigenvalue weighted by Gasteiger charge is 2.12. The summed E-state index contributed by atoms with van der Waals surface area (Å²) in [6.45, 7) is 1.60. The molecule has 0 heterocycles. The van der Waals surface area contributed by atoms with Crippen LogP contribution in [0.4, 0.5) is 8.78 Å². The summed E-state index contributed by atoms with van der Waals surface area (Å²) in [6.07, 6.45) is 0. The Morgan fingerprint density at radius 2 is 2.00 bits per heavy atom. The lowest BCUT2D eigenvalue weighted by Crippen LogP contribution is -2.08. The van der Waals surface area contributed by atoms with Gasteiger partial charge in [0.1, 0.15) is 0 Å². The molecule has 66 valence electrons. The van der Waals surface area contributed by atoms with Crippen LogP contribution in [-0.2, 0) is 0 Å². The second-order valence-corrected chi connectivity index (χ2v) is 3.50. The van der Waals surface area contributed by atoms with E-state index in [1.165, 1.54) is 6.07 Å². The van der Waals surface area contributed by atoms with E-state index in [1.54, 1.807) is 6.92 Å². The van der Waals surface area contributed by atoms with Crippen LogP contribution >= 0.6 is 15.9 Å². The van der Waals surface area contributed by atoms with Crippen molar-refractivity contribution in [2.45, 2.75) is 13.0 Å². The Hall–Kier alpha value is -0.480. The molecule has 0 amide bonds. The van der Waals surface area contributed by atoms with Gasteiger partial charge < -0.3 is 5.73 Å². The Morgan fingerprint density at radius 3 is 2.50 bits per heavy atom. The lowest BCUT2D eigenvalue weighted by molar-refractivity contribution is 0.491. The zero-order valence-corrected chi connectivity index (χ0v) is 8.03. The summed E-state index contributed by atoms with van der Waals surface area (Å²) in [5.41, 5.74) is 5.61. The van der Waals surface area contributed by atoms with Crippen molar-refractivity contribution in [2.24, 2.45) is 5.73 Å². The van der Waals surface area contributed by atoms with E-state index in [4.69, 9.17) is 5.73 Å². The maximum atomic E-state index is 13.0. The Bertz CT molecular complexity index is 299. The molecule has 0 bridgehead atoms. The van der Waals surface area contributed by atoms with Crippen molar-refractivity contribution in [1.29, 1.82) is 0 Å². The van der Waals surface area contributed by atoms with Crippen LogP contribution in [0.25, 0.3) is 0 Å². The summed E-state index contributed by atoms with van der Waals surface area (Å²) in [7, 11) is 0. The number of hydrogen-bond acceptors (Lipinski definition) is 1. The number of halogens is 3. The van der Waals surface area contributed by atoms with Crippen LogP contribution in [0.5, 0.6) is 0 Å². The van der Waals surface area contributed by atoms with Gasteiger partial charge in [0, 0.05) is 16.1 Å². The standard InChI is InChI=1S/C8H8BrF2N/c1-4(12)6-2-5(9)3-7(10)8(6)11/h2-4H,12H2,1H3. The summed E-state index contributed by atoms with van der Waals surface area (Å²) in [4.78, 5) is 0. The van der Waals surface area contributed by atoms with Gasteiger partial charge in [-0.2, -0.15) is 0 Å². The van der Waals surface area contributed by atoms with Crippen molar-refractivity contribution in [3.63, 3.8) is 0 Å². The minimum absolute atomic E-state index is 0.182. The molecule has 1 atom stereocenters. The molecule has 4 heteroatoms. The van der Waals surface area contributed by atoms with E-state index in [1.807, 2.05) is 0 Å². The number of rotatable bonds is 1. The maximum absolute atomic E-state index is 13.0. The summed E-state index contributed by atoms with van der Waals surface area (Å²) in [5.74, 6) is -1.75. The van der Waals surface area contributed by atoms with Crippen LogP contribution in [0.1, 0.15) is 18.5 Å². The number of benzene rings is 1. The van der Waals surface area contributed by atoms with E-state index in [-0.39, 0.29) is 5.56 Å². The molecule has 12 heavy (non-hydrogen) atoms. The molecule has 0 aliphatic carbocycles. The fourth-order valence-electron chi connectivity index (χ4n) is 0.907. The minimum Gasteiger partial charge on any atom is -0.324 e. The molecule has 1 aromatic carbocycles. The molecule has 0 saturated heterocycles. The van der Waals surface area contributed by atoms with Gasteiger partial charge in [0.05, 0.1) is 0 Å². The smallest absolute Gasteiger partial charge is 0.163 e. The van der Waals surface area contributed by atoms with Crippen LogP contribution < -0.4 is 5.73 Å². The highest BCUT2D eigenvalue weighted by molar-refractivity contribution is 9.10. The quantitative estimate of drug-likeness (QED) is 0.745. The molecule has 1 rings (SSSR count). The monoisotopic (exact) mass is 235 g/mol. The number of hydrogen-bond donors (Lipinski definition) is 1. The van der Waals surface area contributed by atoms with E-state index in [0.717, 1.165) is 6.07 Å². The molecule has 0 spiro atoms. The van der Waals surface area contributed by atoms with Gasteiger partial charge in [-0.1, -0.05) is 15.9 Å². The zero-order valence-electron chi connectivity index (χ0n) is 6.44. The van der Waals surface area contributed by atoms with Gasteiger partial charge in [0.15, 0.2) is 11.6 Å². The van der Waals surface area contributed by atoms with Crippen LogP contribution in [0.2, 0.25) is 0 Å². The first kappa shape index (κ1) is 9.61. The molecule has 0 radical (unpaired) electrons.